The first-order valence-electron chi connectivity index (χ1n) is 7.93. The van der Waals surface area contributed by atoms with E-state index in [1.807, 2.05) is 43.4 Å². The molecule has 0 bridgehead atoms. The third-order valence-electron chi connectivity index (χ3n) is 4.01. The lowest BCUT2D eigenvalue weighted by Gasteiger charge is -2.30. The second kappa shape index (κ2) is 7.77. The quantitative estimate of drug-likeness (QED) is 0.806. The Hall–Kier alpha value is -1.92. The molecule has 0 spiro atoms. The average molecular weight is 390 g/mol. The summed E-state index contributed by atoms with van der Waals surface area (Å²) < 4.78 is 6.42. The number of pyridine rings is 1. The molecule has 0 aliphatic carbocycles. The van der Waals surface area contributed by atoms with Crippen molar-refractivity contribution >= 4 is 27.7 Å². The summed E-state index contributed by atoms with van der Waals surface area (Å²) in [6.45, 7) is 3.41. The molecule has 1 fully saturated rings. The average Bonchev–Trinajstić information content (AvgIpc) is 2.63. The number of rotatable bonds is 4. The van der Waals surface area contributed by atoms with Crippen LogP contribution < -0.4 is 4.90 Å². The highest BCUT2D eigenvalue weighted by molar-refractivity contribution is 9.10. The molecule has 1 saturated heterocycles. The fourth-order valence-electron chi connectivity index (χ4n) is 2.73. The number of halogens is 1. The van der Waals surface area contributed by atoms with Crippen LogP contribution in [0.15, 0.2) is 47.1 Å². The normalized spacial score (nSPS) is 14.5. The van der Waals surface area contributed by atoms with Gasteiger partial charge in [0.05, 0.1) is 18.8 Å². The highest BCUT2D eigenvalue weighted by Gasteiger charge is 2.22. The Kier molecular flexibility index (Phi) is 5.48. The number of hydrogen-bond acceptors (Lipinski definition) is 4. The van der Waals surface area contributed by atoms with Gasteiger partial charge in [0, 0.05) is 37.4 Å². The van der Waals surface area contributed by atoms with Crippen LogP contribution >= 0.6 is 15.9 Å². The first kappa shape index (κ1) is 16.9. The fraction of sp³-hybridized carbons (Fsp3) is 0.333. The van der Waals surface area contributed by atoms with Crippen LogP contribution in [0.25, 0.3) is 0 Å². The van der Waals surface area contributed by atoms with E-state index in [0.29, 0.717) is 25.3 Å². The lowest BCUT2D eigenvalue weighted by Crippen LogP contribution is -2.38. The molecule has 0 atom stereocenters. The molecule has 1 aliphatic heterocycles. The Balaban J connectivity index is 1.77. The molecule has 126 valence electrons. The van der Waals surface area contributed by atoms with Crippen LogP contribution in [0.4, 0.5) is 5.82 Å². The van der Waals surface area contributed by atoms with Gasteiger partial charge >= 0.3 is 0 Å². The van der Waals surface area contributed by atoms with Crippen LogP contribution in [0.1, 0.15) is 15.9 Å². The van der Waals surface area contributed by atoms with E-state index in [1.165, 1.54) is 0 Å². The number of carbonyl (C=O) groups excluding carboxylic acids is 1. The summed E-state index contributed by atoms with van der Waals surface area (Å²) in [6, 6.07) is 11.6. The Labute approximate surface area is 150 Å². The number of aromatic nitrogens is 1. The van der Waals surface area contributed by atoms with Crippen LogP contribution in [0, 0.1) is 0 Å². The predicted octanol–water partition coefficient (Wildman–Crippen LogP) is 2.95. The summed E-state index contributed by atoms with van der Waals surface area (Å²) >= 11 is 3.43. The van der Waals surface area contributed by atoms with Crippen LogP contribution in [0.2, 0.25) is 0 Å². The van der Waals surface area contributed by atoms with Crippen LogP contribution in [0.3, 0.4) is 0 Å². The lowest BCUT2D eigenvalue weighted by atomic mass is 10.1. The highest BCUT2D eigenvalue weighted by Crippen LogP contribution is 2.21. The number of benzene rings is 1. The predicted molar refractivity (Wildman–Crippen MR) is 97.2 cm³/mol. The zero-order valence-electron chi connectivity index (χ0n) is 13.6. The van der Waals surface area contributed by atoms with Gasteiger partial charge in [-0.1, -0.05) is 28.1 Å². The van der Waals surface area contributed by atoms with Crippen molar-refractivity contribution in [3.05, 3.63) is 58.2 Å². The fourth-order valence-corrected chi connectivity index (χ4v) is 3.00. The largest absolute Gasteiger partial charge is 0.378 e. The van der Waals surface area contributed by atoms with E-state index in [9.17, 15) is 4.79 Å². The molecule has 0 saturated carbocycles. The van der Waals surface area contributed by atoms with Crippen molar-refractivity contribution in [2.24, 2.45) is 0 Å². The summed E-state index contributed by atoms with van der Waals surface area (Å²) in [6.07, 6.45) is 1.73. The van der Waals surface area contributed by atoms with Crippen molar-refractivity contribution in [2.45, 2.75) is 6.54 Å². The standard InChI is InChI=1S/C18H20BrN3O2/c1-21(13-14-4-6-15(19)7-5-14)18(23)16-3-2-8-20-17(16)22-9-11-24-12-10-22/h2-8H,9-13H2,1H3. The Bertz CT molecular complexity index is 700. The molecule has 5 nitrogen and oxygen atoms in total. The van der Waals surface area contributed by atoms with Crippen molar-refractivity contribution < 1.29 is 9.53 Å². The monoisotopic (exact) mass is 389 g/mol. The summed E-state index contributed by atoms with van der Waals surface area (Å²) in [5.74, 6) is 0.723. The maximum atomic E-state index is 12.9. The smallest absolute Gasteiger partial charge is 0.257 e. The number of hydrogen-bond donors (Lipinski definition) is 0. The molecule has 6 heteroatoms. The first-order valence-corrected chi connectivity index (χ1v) is 8.72. The van der Waals surface area contributed by atoms with Gasteiger partial charge in [-0.05, 0) is 29.8 Å². The number of carbonyl (C=O) groups is 1. The lowest BCUT2D eigenvalue weighted by molar-refractivity contribution is 0.0784. The van der Waals surface area contributed by atoms with Crippen molar-refractivity contribution in [1.29, 1.82) is 0 Å². The minimum Gasteiger partial charge on any atom is -0.378 e. The van der Waals surface area contributed by atoms with Crippen molar-refractivity contribution in [2.75, 3.05) is 38.3 Å². The van der Waals surface area contributed by atoms with Gasteiger partial charge in [-0.2, -0.15) is 0 Å². The van der Waals surface area contributed by atoms with E-state index >= 15 is 0 Å². The molecule has 1 aromatic carbocycles. The second-order valence-electron chi connectivity index (χ2n) is 5.76. The molecule has 3 rings (SSSR count). The minimum absolute atomic E-state index is 0.0208. The molecule has 0 radical (unpaired) electrons. The van der Waals surface area contributed by atoms with E-state index in [4.69, 9.17) is 4.74 Å². The number of nitrogens with zero attached hydrogens (tertiary/aromatic N) is 3. The molecule has 2 heterocycles. The van der Waals surface area contributed by atoms with E-state index < -0.39 is 0 Å². The molecular formula is C18H20BrN3O2. The molecule has 24 heavy (non-hydrogen) atoms. The van der Waals surface area contributed by atoms with Crippen LogP contribution in [-0.4, -0.2) is 49.1 Å². The SMILES string of the molecule is CN(Cc1ccc(Br)cc1)C(=O)c1cccnc1N1CCOCC1. The van der Waals surface area contributed by atoms with Gasteiger partial charge in [-0.15, -0.1) is 0 Å². The van der Waals surface area contributed by atoms with Crippen LogP contribution in [-0.2, 0) is 11.3 Å². The zero-order valence-corrected chi connectivity index (χ0v) is 15.2. The number of ether oxygens (including phenoxy) is 1. The summed E-state index contributed by atoms with van der Waals surface area (Å²) in [4.78, 5) is 21.2. The Morgan fingerprint density at radius 3 is 2.67 bits per heavy atom. The van der Waals surface area contributed by atoms with E-state index in [2.05, 4.69) is 25.8 Å². The Morgan fingerprint density at radius 2 is 1.96 bits per heavy atom. The van der Waals surface area contributed by atoms with Gasteiger partial charge in [0.15, 0.2) is 0 Å². The van der Waals surface area contributed by atoms with Gasteiger partial charge in [-0.3, -0.25) is 4.79 Å². The van der Waals surface area contributed by atoms with Gasteiger partial charge in [0.2, 0.25) is 0 Å². The number of anilines is 1. The molecule has 0 N–H and O–H groups in total. The molecule has 2 aromatic rings. The van der Waals surface area contributed by atoms with E-state index in [1.54, 1.807) is 11.1 Å². The third-order valence-corrected chi connectivity index (χ3v) is 4.54. The number of amides is 1. The summed E-state index contributed by atoms with van der Waals surface area (Å²) in [5, 5.41) is 0. The molecular weight excluding hydrogens is 370 g/mol. The molecule has 1 aromatic heterocycles. The van der Waals surface area contributed by atoms with E-state index in [0.717, 1.165) is 28.9 Å². The second-order valence-corrected chi connectivity index (χ2v) is 6.68. The summed E-state index contributed by atoms with van der Waals surface area (Å²) in [5.41, 5.74) is 1.73. The Morgan fingerprint density at radius 1 is 1.25 bits per heavy atom. The van der Waals surface area contributed by atoms with Gasteiger partial charge in [0.1, 0.15) is 5.82 Å². The van der Waals surface area contributed by atoms with Crippen molar-refractivity contribution in [3.8, 4) is 0 Å². The van der Waals surface area contributed by atoms with Gasteiger partial charge < -0.3 is 14.5 Å². The topological polar surface area (TPSA) is 45.7 Å². The molecule has 1 aliphatic rings. The summed E-state index contributed by atoms with van der Waals surface area (Å²) in [7, 11) is 1.82. The van der Waals surface area contributed by atoms with Gasteiger partial charge in [-0.25, -0.2) is 4.98 Å². The van der Waals surface area contributed by atoms with E-state index in [-0.39, 0.29) is 5.91 Å². The van der Waals surface area contributed by atoms with Crippen LogP contribution in [0.5, 0.6) is 0 Å². The highest BCUT2D eigenvalue weighted by atomic mass is 79.9. The van der Waals surface area contributed by atoms with Crippen molar-refractivity contribution in [1.82, 2.24) is 9.88 Å². The van der Waals surface area contributed by atoms with Crippen molar-refractivity contribution in [3.63, 3.8) is 0 Å². The molecule has 1 amide bonds. The number of morpholine rings is 1. The maximum Gasteiger partial charge on any atom is 0.257 e. The third kappa shape index (κ3) is 3.94. The maximum absolute atomic E-state index is 12.9. The molecule has 0 unspecified atom stereocenters. The zero-order chi connectivity index (χ0) is 16.9. The minimum atomic E-state index is -0.0208. The first-order chi connectivity index (χ1) is 11.6. The van der Waals surface area contributed by atoms with Gasteiger partial charge in [0.25, 0.3) is 5.91 Å².